The lowest BCUT2D eigenvalue weighted by Gasteiger charge is -2.33. The molecule has 1 fully saturated rings. The third-order valence-electron chi connectivity index (χ3n) is 8.10. The van der Waals surface area contributed by atoms with Gasteiger partial charge in [-0.3, -0.25) is 0 Å². The number of thiophene rings is 1. The van der Waals surface area contributed by atoms with Gasteiger partial charge in [0, 0.05) is 44.6 Å². The van der Waals surface area contributed by atoms with Crippen LogP contribution in [-0.2, 0) is 24.8 Å². The molecule has 0 spiro atoms. The lowest BCUT2D eigenvalue weighted by Crippen LogP contribution is -2.44. The topological polar surface area (TPSA) is 70.8 Å². The minimum absolute atomic E-state index is 0.0354. The molecule has 0 radical (unpaired) electrons. The molecule has 8 nitrogen and oxygen atoms in total. The van der Waals surface area contributed by atoms with Crippen molar-refractivity contribution in [3.8, 4) is 34.3 Å². The molecular weight excluding hydrogens is 584 g/mol. The van der Waals surface area contributed by atoms with E-state index >= 15 is 0 Å². The number of rotatable bonds is 9. The number of aryl methyl sites for hydroxylation is 2. The van der Waals surface area contributed by atoms with Crippen LogP contribution in [0.3, 0.4) is 0 Å². The predicted molar refractivity (Wildman–Crippen MR) is 180 cm³/mol. The Labute approximate surface area is 269 Å². The molecule has 45 heavy (non-hydrogen) atoms. The van der Waals surface area contributed by atoms with Crippen LogP contribution in [0.4, 0.5) is 4.79 Å². The summed E-state index contributed by atoms with van der Waals surface area (Å²) in [5.74, 6) is 2.49. The highest BCUT2D eigenvalue weighted by atomic mass is 32.1. The molecule has 4 heterocycles. The van der Waals surface area contributed by atoms with Gasteiger partial charge in [-0.25, -0.2) is 9.78 Å². The average Bonchev–Trinajstić information content (AvgIpc) is 3.71. The highest BCUT2D eigenvalue weighted by Gasteiger charge is 2.28. The standard InChI is InChI=1S/C36H42N4O4S/c1-6-29-33(25-11-8-7-9-12-25)40(34(37-29)31-24-32-30(38(31)5)17-22-45-32)20-21-42-27-13-10-14-28(23-27)43-26-15-18-39(19-16-26)35(41)44-36(2,3)4/h7-14,17,22-24,26H,6,15-16,18-21H2,1-5H3. The molecule has 1 amide bonds. The zero-order valence-electron chi connectivity index (χ0n) is 26.8. The fourth-order valence-electron chi connectivity index (χ4n) is 5.91. The second-order valence-electron chi connectivity index (χ2n) is 12.5. The molecule has 236 valence electrons. The van der Waals surface area contributed by atoms with E-state index < -0.39 is 5.60 Å². The molecule has 6 rings (SSSR count). The summed E-state index contributed by atoms with van der Waals surface area (Å²) in [7, 11) is 2.11. The van der Waals surface area contributed by atoms with Crippen molar-refractivity contribution in [1.29, 1.82) is 0 Å². The van der Waals surface area contributed by atoms with E-state index in [-0.39, 0.29) is 12.2 Å². The summed E-state index contributed by atoms with van der Waals surface area (Å²) in [6.45, 7) is 10.2. The van der Waals surface area contributed by atoms with Crippen molar-refractivity contribution in [2.45, 2.75) is 65.2 Å². The average molecular weight is 627 g/mol. The Hall–Kier alpha value is -4.24. The van der Waals surface area contributed by atoms with Gasteiger partial charge in [0.15, 0.2) is 5.82 Å². The highest BCUT2D eigenvalue weighted by Crippen LogP contribution is 2.35. The van der Waals surface area contributed by atoms with Gasteiger partial charge in [-0.2, -0.15) is 0 Å². The van der Waals surface area contributed by atoms with Crippen LogP contribution in [0.2, 0.25) is 0 Å². The molecule has 0 bridgehead atoms. The zero-order chi connectivity index (χ0) is 31.6. The van der Waals surface area contributed by atoms with Crippen molar-refractivity contribution in [3.63, 3.8) is 0 Å². The van der Waals surface area contributed by atoms with E-state index in [2.05, 4.69) is 64.9 Å². The van der Waals surface area contributed by atoms with Crippen LogP contribution in [0.1, 0.15) is 46.2 Å². The molecule has 5 aromatic rings. The van der Waals surface area contributed by atoms with E-state index in [0.717, 1.165) is 59.2 Å². The number of piperidine rings is 1. The van der Waals surface area contributed by atoms with Gasteiger partial charge < -0.3 is 28.2 Å². The first-order valence-electron chi connectivity index (χ1n) is 15.8. The molecule has 3 aromatic heterocycles. The number of likely N-dealkylation sites (tertiary alicyclic amines) is 1. The number of carbonyl (C=O) groups excluding carboxylic acids is 1. The van der Waals surface area contributed by atoms with E-state index in [1.165, 1.54) is 10.2 Å². The number of aromatic nitrogens is 3. The molecule has 0 unspecified atom stereocenters. The number of hydrogen-bond donors (Lipinski definition) is 0. The Morgan fingerprint density at radius 3 is 2.47 bits per heavy atom. The highest BCUT2D eigenvalue weighted by molar-refractivity contribution is 7.17. The first kappa shape index (κ1) is 30.8. The van der Waals surface area contributed by atoms with E-state index in [1.54, 1.807) is 16.2 Å². The minimum atomic E-state index is -0.496. The second-order valence-corrected chi connectivity index (χ2v) is 13.4. The van der Waals surface area contributed by atoms with Crippen LogP contribution in [0, 0.1) is 0 Å². The molecule has 0 saturated carbocycles. The maximum atomic E-state index is 12.4. The van der Waals surface area contributed by atoms with Gasteiger partial charge >= 0.3 is 6.09 Å². The summed E-state index contributed by atoms with van der Waals surface area (Å²) in [6, 6.07) is 22.8. The van der Waals surface area contributed by atoms with E-state index in [1.807, 2.05) is 51.1 Å². The van der Waals surface area contributed by atoms with Crippen molar-refractivity contribution in [2.24, 2.45) is 7.05 Å². The van der Waals surface area contributed by atoms with Gasteiger partial charge in [0.25, 0.3) is 0 Å². The maximum Gasteiger partial charge on any atom is 0.410 e. The van der Waals surface area contributed by atoms with Crippen molar-refractivity contribution in [2.75, 3.05) is 19.7 Å². The van der Waals surface area contributed by atoms with Crippen molar-refractivity contribution in [3.05, 3.63) is 77.8 Å². The SMILES string of the molecule is CCc1nc(-c2cc3sccc3n2C)n(CCOc2cccc(OC3CCN(C(=O)OC(C)(C)C)CC3)c2)c1-c1ccccc1. The molecule has 9 heteroatoms. The lowest BCUT2D eigenvalue weighted by atomic mass is 10.1. The summed E-state index contributed by atoms with van der Waals surface area (Å²) in [5.41, 5.74) is 5.18. The smallest absolute Gasteiger partial charge is 0.410 e. The van der Waals surface area contributed by atoms with Crippen LogP contribution in [0.25, 0.3) is 33.0 Å². The van der Waals surface area contributed by atoms with Crippen LogP contribution in [0.5, 0.6) is 11.5 Å². The van der Waals surface area contributed by atoms with Crippen LogP contribution >= 0.6 is 11.3 Å². The lowest BCUT2D eigenvalue weighted by molar-refractivity contribution is 0.0126. The first-order valence-corrected chi connectivity index (χ1v) is 16.6. The van der Waals surface area contributed by atoms with Crippen LogP contribution in [0.15, 0.2) is 72.1 Å². The third-order valence-corrected chi connectivity index (χ3v) is 8.95. The van der Waals surface area contributed by atoms with Crippen molar-refractivity contribution >= 4 is 27.6 Å². The Morgan fingerprint density at radius 1 is 1.00 bits per heavy atom. The fourth-order valence-corrected chi connectivity index (χ4v) is 6.76. The largest absolute Gasteiger partial charge is 0.492 e. The summed E-state index contributed by atoms with van der Waals surface area (Å²) in [5, 5.41) is 2.13. The fraction of sp³-hybridized carbons (Fsp3) is 0.389. The molecular formula is C36H42N4O4S. The normalized spacial score (nSPS) is 14.2. The number of nitrogens with zero attached hydrogens (tertiary/aromatic N) is 4. The van der Waals surface area contributed by atoms with Crippen LogP contribution < -0.4 is 9.47 Å². The first-order chi connectivity index (χ1) is 21.7. The van der Waals surface area contributed by atoms with Gasteiger partial charge in [0.1, 0.15) is 29.8 Å². The van der Waals surface area contributed by atoms with Crippen molar-refractivity contribution in [1.82, 2.24) is 19.0 Å². The maximum absolute atomic E-state index is 12.4. The number of hydrogen-bond acceptors (Lipinski definition) is 6. The molecule has 0 atom stereocenters. The van der Waals surface area contributed by atoms with Gasteiger partial charge in [-0.15, -0.1) is 11.3 Å². The molecule has 1 aliphatic heterocycles. The van der Waals surface area contributed by atoms with E-state index in [0.29, 0.717) is 26.2 Å². The number of carbonyl (C=O) groups is 1. The van der Waals surface area contributed by atoms with Gasteiger partial charge in [-0.05, 0) is 56.8 Å². The second kappa shape index (κ2) is 13.0. The summed E-state index contributed by atoms with van der Waals surface area (Å²) < 4.78 is 24.0. The summed E-state index contributed by atoms with van der Waals surface area (Å²) >= 11 is 1.75. The number of ether oxygens (including phenoxy) is 3. The Balaban J connectivity index is 1.16. The van der Waals surface area contributed by atoms with Gasteiger partial charge in [0.2, 0.25) is 0 Å². The number of amides is 1. The minimum Gasteiger partial charge on any atom is -0.492 e. The zero-order valence-corrected chi connectivity index (χ0v) is 27.6. The van der Waals surface area contributed by atoms with E-state index in [4.69, 9.17) is 19.2 Å². The van der Waals surface area contributed by atoms with E-state index in [9.17, 15) is 4.79 Å². The Morgan fingerprint density at radius 2 is 1.76 bits per heavy atom. The number of benzene rings is 2. The van der Waals surface area contributed by atoms with Crippen LogP contribution in [-0.4, -0.2) is 56.5 Å². The predicted octanol–water partition coefficient (Wildman–Crippen LogP) is 8.19. The quantitative estimate of drug-likeness (QED) is 0.165. The summed E-state index contributed by atoms with van der Waals surface area (Å²) in [4.78, 5) is 19.4. The molecule has 0 N–H and O–H groups in total. The Kier molecular flexibility index (Phi) is 8.90. The number of fused-ring (bicyclic) bond motifs is 1. The molecule has 0 aliphatic carbocycles. The third kappa shape index (κ3) is 6.88. The molecule has 1 saturated heterocycles. The van der Waals surface area contributed by atoms with Crippen molar-refractivity contribution < 1.29 is 19.0 Å². The molecule has 1 aliphatic rings. The summed E-state index contributed by atoms with van der Waals surface area (Å²) in [6.07, 6.45) is 2.12. The Bertz CT molecular complexity index is 1760. The monoisotopic (exact) mass is 626 g/mol. The van der Waals surface area contributed by atoms with Gasteiger partial charge in [-0.1, -0.05) is 43.3 Å². The number of imidazole rings is 1. The van der Waals surface area contributed by atoms with Gasteiger partial charge in [0.05, 0.1) is 33.8 Å². The molecule has 2 aromatic carbocycles.